The molecule has 0 bridgehead atoms. The van der Waals surface area contributed by atoms with Gasteiger partial charge < -0.3 is 20.7 Å². The Kier molecular flexibility index (Phi) is 11.1. The van der Waals surface area contributed by atoms with Crippen molar-refractivity contribution in [2.45, 2.75) is 39.4 Å². The Labute approximate surface area is 192 Å². The van der Waals surface area contributed by atoms with Crippen molar-refractivity contribution in [2.24, 2.45) is 4.99 Å². The summed E-state index contributed by atoms with van der Waals surface area (Å²) < 4.78 is 5.56. The van der Waals surface area contributed by atoms with Gasteiger partial charge in [-0.25, -0.2) is 0 Å². The SMILES string of the molecule is CCNC(=O)COc1cccc(CNC(=NC)NCCC(C)N(C)Cc2ccccc2)c1. The van der Waals surface area contributed by atoms with Crippen LogP contribution in [-0.2, 0) is 17.9 Å². The van der Waals surface area contributed by atoms with Gasteiger partial charge in [0, 0.05) is 39.3 Å². The number of nitrogens with zero attached hydrogens (tertiary/aromatic N) is 2. The van der Waals surface area contributed by atoms with E-state index >= 15 is 0 Å². The van der Waals surface area contributed by atoms with Crippen LogP contribution in [0.5, 0.6) is 5.75 Å². The second-order valence-corrected chi connectivity index (χ2v) is 7.78. The molecule has 2 rings (SSSR count). The number of hydrogen-bond acceptors (Lipinski definition) is 4. The van der Waals surface area contributed by atoms with E-state index in [-0.39, 0.29) is 12.5 Å². The number of guanidine groups is 1. The van der Waals surface area contributed by atoms with Crippen LogP contribution in [0.25, 0.3) is 0 Å². The number of benzene rings is 2. The molecule has 0 aliphatic carbocycles. The first-order chi connectivity index (χ1) is 15.5. The summed E-state index contributed by atoms with van der Waals surface area (Å²) in [5, 5.41) is 9.44. The number of nitrogens with one attached hydrogen (secondary N) is 3. The fourth-order valence-corrected chi connectivity index (χ4v) is 3.20. The van der Waals surface area contributed by atoms with E-state index in [1.165, 1.54) is 5.56 Å². The van der Waals surface area contributed by atoms with Crippen molar-refractivity contribution in [1.29, 1.82) is 0 Å². The third-order valence-corrected chi connectivity index (χ3v) is 5.21. The van der Waals surface area contributed by atoms with Gasteiger partial charge >= 0.3 is 0 Å². The highest BCUT2D eigenvalue weighted by Gasteiger charge is 2.10. The molecular formula is C25H37N5O2. The van der Waals surface area contributed by atoms with Crippen LogP contribution in [0.15, 0.2) is 59.6 Å². The summed E-state index contributed by atoms with van der Waals surface area (Å²) in [6.07, 6.45) is 1.01. The molecule has 0 saturated carbocycles. The van der Waals surface area contributed by atoms with Crippen LogP contribution in [0.4, 0.5) is 0 Å². The lowest BCUT2D eigenvalue weighted by atomic mass is 10.1. The summed E-state index contributed by atoms with van der Waals surface area (Å²) in [7, 11) is 3.93. The number of likely N-dealkylation sites (N-methyl/N-ethyl adjacent to an activating group) is 1. The van der Waals surface area contributed by atoms with Crippen molar-refractivity contribution in [3.63, 3.8) is 0 Å². The smallest absolute Gasteiger partial charge is 0.257 e. The summed E-state index contributed by atoms with van der Waals surface area (Å²) in [5.74, 6) is 1.31. The zero-order chi connectivity index (χ0) is 23.2. The first-order valence-corrected chi connectivity index (χ1v) is 11.2. The summed E-state index contributed by atoms with van der Waals surface area (Å²) in [6.45, 7) is 7.12. The van der Waals surface area contributed by atoms with Crippen molar-refractivity contribution in [2.75, 3.05) is 33.8 Å². The zero-order valence-electron chi connectivity index (χ0n) is 19.7. The predicted octanol–water partition coefficient (Wildman–Crippen LogP) is 2.78. The third kappa shape index (κ3) is 9.39. The number of carbonyl (C=O) groups excluding carboxylic acids is 1. The van der Waals surface area contributed by atoms with E-state index in [0.29, 0.717) is 24.9 Å². The minimum Gasteiger partial charge on any atom is -0.484 e. The summed E-state index contributed by atoms with van der Waals surface area (Å²) in [4.78, 5) is 18.2. The topological polar surface area (TPSA) is 78.0 Å². The van der Waals surface area contributed by atoms with Gasteiger partial charge in [0.15, 0.2) is 12.6 Å². The summed E-state index contributed by atoms with van der Waals surface area (Å²) in [6, 6.07) is 18.7. The number of hydrogen-bond donors (Lipinski definition) is 3. The Bertz CT molecular complexity index is 841. The number of rotatable bonds is 12. The monoisotopic (exact) mass is 439 g/mol. The van der Waals surface area contributed by atoms with Gasteiger partial charge in [-0.15, -0.1) is 0 Å². The molecule has 0 heterocycles. The molecule has 32 heavy (non-hydrogen) atoms. The summed E-state index contributed by atoms with van der Waals surface area (Å²) in [5.41, 5.74) is 2.38. The molecule has 0 saturated heterocycles. The standard InChI is InChI=1S/C25H37N5O2/c1-5-27-24(31)19-32-23-13-9-12-22(16-23)17-29-25(26-3)28-15-14-20(2)30(4)18-21-10-7-6-8-11-21/h6-13,16,20H,5,14-15,17-19H2,1-4H3,(H,27,31)(H2,26,28,29). The van der Waals surface area contributed by atoms with Crippen LogP contribution in [0.2, 0.25) is 0 Å². The highest BCUT2D eigenvalue weighted by Crippen LogP contribution is 2.13. The van der Waals surface area contributed by atoms with E-state index in [1.807, 2.05) is 37.3 Å². The molecule has 0 spiro atoms. The molecule has 3 N–H and O–H groups in total. The van der Waals surface area contributed by atoms with Gasteiger partial charge in [-0.3, -0.25) is 14.7 Å². The van der Waals surface area contributed by atoms with Gasteiger partial charge in [-0.1, -0.05) is 42.5 Å². The van der Waals surface area contributed by atoms with Crippen molar-refractivity contribution in [1.82, 2.24) is 20.9 Å². The minimum atomic E-state index is -0.121. The maximum Gasteiger partial charge on any atom is 0.257 e. The van der Waals surface area contributed by atoms with Crippen molar-refractivity contribution in [3.05, 3.63) is 65.7 Å². The summed E-state index contributed by atoms with van der Waals surface area (Å²) >= 11 is 0. The maximum atomic E-state index is 11.6. The highest BCUT2D eigenvalue weighted by atomic mass is 16.5. The second-order valence-electron chi connectivity index (χ2n) is 7.78. The highest BCUT2D eigenvalue weighted by molar-refractivity contribution is 5.79. The van der Waals surface area contributed by atoms with Crippen LogP contribution < -0.4 is 20.7 Å². The van der Waals surface area contributed by atoms with Crippen LogP contribution >= 0.6 is 0 Å². The second kappa shape index (κ2) is 14.1. The molecule has 2 aromatic rings. The molecule has 0 aromatic heterocycles. The van der Waals surface area contributed by atoms with Crippen molar-refractivity contribution >= 4 is 11.9 Å². The van der Waals surface area contributed by atoms with Crippen molar-refractivity contribution < 1.29 is 9.53 Å². The first-order valence-electron chi connectivity index (χ1n) is 11.2. The number of amides is 1. The van der Waals surface area contributed by atoms with Crippen molar-refractivity contribution in [3.8, 4) is 5.75 Å². The normalized spacial score (nSPS) is 12.3. The van der Waals surface area contributed by atoms with E-state index in [0.717, 1.165) is 31.0 Å². The van der Waals surface area contributed by atoms with E-state index in [4.69, 9.17) is 4.74 Å². The van der Waals surface area contributed by atoms with Crippen LogP contribution in [0.3, 0.4) is 0 Å². The zero-order valence-corrected chi connectivity index (χ0v) is 19.7. The van der Waals surface area contributed by atoms with Crippen LogP contribution in [0.1, 0.15) is 31.4 Å². The molecular weight excluding hydrogens is 402 g/mol. The Balaban J connectivity index is 1.72. The predicted molar refractivity (Wildman–Crippen MR) is 131 cm³/mol. The van der Waals surface area contributed by atoms with E-state index in [1.54, 1.807) is 7.05 Å². The largest absolute Gasteiger partial charge is 0.484 e. The average molecular weight is 440 g/mol. The lowest BCUT2D eigenvalue weighted by Crippen LogP contribution is -2.39. The van der Waals surface area contributed by atoms with E-state index in [2.05, 4.69) is 64.1 Å². The molecule has 0 aliphatic rings. The lowest BCUT2D eigenvalue weighted by molar-refractivity contribution is -0.122. The molecule has 7 nitrogen and oxygen atoms in total. The van der Waals surface area contributed by atoms with E-state index in [9.17, 15) is 4.79 Å². The number of ether oxygens (including phenoxy) is 1. The molecule has 2 aromatic carbocycles. The molecule has 1 atom stereocenters. The Hall–Kier alpha value is -3.06. The number of aliphatic imine (C=N–C) groups is 1. The van der Waals surface area contributed by atoms with Gasteiger partial charge in [0.1, 0.15) is 5.75 Å². The Morgan fingerprint density at radius 2 is 1.81 bits per heavy atom. The molecule has 0 radical (unpaired) electrons. The molecule has 0 aliphatic heterocycles. The van der Waals surface area contributed by atoms with Gasteiger partial charge in [0.2, 0.25) is 0 Å². The van der Waals surface area contributed by atoms with Gasteiger partial charge in [0.05, 0.1) is 0 Å². The fourth-order valence-electron chi connectivity index (χ4n) is 3.20. The number of carbonyl (C=O) groups is 1. The first kappa shape index (κ1) is 25.2. The fraction of sp³-hybridized carbons (Fsp3) is 0.440. The maximum absolute atomic E-state index is 11.6. The van der Waals surface area contributed by atoms with E-state index < -0.39 is 0 Å². The van der Waals surface area contributed by atoms with Gasteiger partial charge in [-0.05, 0) is 50.6 Å². The van der Waals surface area contributed by atoms with Crippen LogP contribution in [0, 0.1) is 0 Å². The molecule has 7 heteroatoms. The van der Waals surface area contributed by atoms with Crippen LogP contribution in [-0.4, -0.2) is 56.6 Å². The molecule has 1 unspecified atom stereocenters. The molecule has 0 fully saturated rings. The quantitative estimate of drug-likeness (QED) is 0.350. The van der Waals surface area contributed by atoms with Gasteiger partial charge in [0.25, 0.3) is 5.91 Å². The Morgan fingerprint density at radius 1 is 1.06 bits per heavy atom. The van der Waals surface area contributed by atoms with Gasteiger partial charge in [-0.2, -0.15) is 0 Å². The molecule has 1 amide bonds. The lowest BCUT2D eigenvalue weighted by Gasteiger charge is -2.25. The Morgan fingerprint density at radius 3 is 2.53 bits per heavy atom. The average Bonchev–Trinajstić information content (AvgIpc) is 2.81. The molecule has 174 valence electrons. The minimum absolute atomic E-state index is 0.0187. The third-order valence-electron chi connectivity index (χ3n) is 5.21.